The van der Waals surface area contributed by atoms with E-state index in [0.717, 1.165) is 41.8 Å². The van der Waals surface area contributed by atoms with Gasteiger partial charge >= 0.3 is 0 Å². The molecule has 1 saturated heterocycles. The SMILES string of the molecule is CC1CC(C)CN(c2ccc3nc(CN)[nH]c3c2)C1. The third kappa shape index (κ3) is 2.45. The third-order valence-corrected chi connectivity index (χ3v) is 3.94. The third-order valence-electron chi connectivity index (χ3n) is 3.94. The van der Waals surface area contributed by atoms with Gasteiger partial charge in [-0.25, -0.2) is 4.98 Å². The fraction of sp³-hybridized carbons (Fsp3) is 0.533. The number of rotatable bonds is 2. The Hall–Kier alpha value is -1.55. The van der Waals surface area contributed by atoms with E-state index >= 15 is 0 Å². The number of aromatic nitrogens is 2. The number of aromatic amines is 1. The van der Waals surface area contributed by atoms with Gasteiger partial charge in [0.25, 0.3) is 0 Å². The van der Waals surface area contributed by atoms with Gasteiger partial charge in [-0.15, -0.1) is 0 Å². The molecule has 0 spiro atoms. The van der Waals surface area contributed by atoms with Crippen LogP contribution in [-0.2, 0) is 6.54 Å². The summed E-state index contributed by atoms with van der Waals surface area (Å²) in [6.07, 6.45) is 1.33. The average Bonchev–Trinajstić information content (AvgIpc) is 2.79. The number of hydrogen-bond acceptors (Lipinski definition) is 3. The molecule has 1 fully saturated rings. The van der Waals surface area contributed by atoms with Crippen LogP contribution in [0.3, 0.4) is 0 Å². The van der Waals surface area contributed by atoms with Gasteiger partial charge in [-0.2, -0.15) is 0 Å². The molecule has 0 amide bonds. The number of fused-ring (bicyclic) bond motifs is 1. The lowest BCUT2D eigenvalue weighted by Gasteiger charge is -2.36. The summed E-state index contributed by atoms with van der Waals surface area (Å²) in [6, 6.07) is 6.46. The highest BCUT2D eigenvalue weighted by Crippen LogP contribution is 2.28. The summed E-state index contributed by atoms with van der Waals surface area (Å²) in [4.78, 5) is 10.2. The van der Waals surface area contributed by atoms with E-state index in [9.17, 15) is 0 Å². The molecule has 2 unspecified atom stereocenters. The monoisotopic (exact) mass is 258 g/mol. The average molecular weight is 258 g/mol. The molecule has 4 nitrogen and oxygen atoms in total. The van der Waals surface area contributed by atoms with Crippen molar-refractivity contribution in [1.82, 2.24) is 9.97 Å². The van der Waals surface area contributed by atoms with Crippen LogP contribution in [0.2, 0.25) is 0 Å². The summed E-state index contributed by atoms with van der Waals surface area (Å²) in [5, 5.41) is 0. The molecule has 2 heterocycles. The standard InChI is InChI=1S/C15H22N4/c1-10-5-11(2)9-19(8-10)12-3-4-13-14(6-12)18-15(7-16)17-13/h3-4,6,10-11H,5,7-9,16H2,1-2H3,(H,17,18). The summed E-state index contributed by atoms with van der Waals surface area (Å²) < 4.78 is 0. The first-order valence-corrected chi connectivity index (χ1v) is 7.09. The second-order valence-electron chi connectivity index (χ2n) is 5.94. The topological polar surface area (TPSA) is 57.9 Å². The molecular formula is C15H22N4. The minimum absolute atomic E-state index is 0.460. The Morgan fingerprint density at radius 3 is 2.74 bits per heavy atom. The number of nitrogens with one attached hydrogen (secondary N) is 1. The summed E-state index contributed by atoms with van der Waals surface area (Å²) in [5.41, 5.74) is 9.01. The highest BCUT2D eigenvalue weighted by atomic mass is 15.1. The van der Waals surface area contributed by atoms with E-state index in [1.54, 1.807) is 0 Å². The zero-order valence-electron chi connectivity index (χ0n) is 11.7. The Morgan fingerprint density at radius 2 is 2.05 bits per heavy atom. The maximum Gasteiger partial charge on any atom is 0.121 e. The van der Waals surface area contributed by atoms with E-state index < -0.39 is 0 Å². The van der Waals surface area contributed by atoms with E-state index in [0.29, 0.717) is 6.54 Å². The van der Waals surface area contributed by atoms with Gasteiger partial charge in [0.05, 0.1) is 17.6 Å². The Bertz CT molecular complexity index is 565. The zero-order valence-corrected chi connectivity index (χ0v) is 11.7. The van der Waals surface area contributed by atoms with Crippen molar-refractivity contribution in [1.29, 1.82) is 0 Å². The smallest absolute Gasteiger partial charge is 0.121 e. The van der Waals surface area contributed by atoms with E-state index in [4.69, 9.17) is 5.73 Å². The van der Waals surface area contributed by atoms with Crippen LogP contribution in [0.5, 0.6) is 0 Å². The van der Waals surface area contributed by atoms with Gasteiger partial charge in [0, 0.05) is 18.8 Å². The van der Waals surface area contributed by atoms with E-state index in [2.05, 4.69) is 46.9 Å². The molecule has 1 aliphatic heterocycles. The van der Waals surface area contributed by atoms with Crippen molar-refractivity contribution >= 4 is 16.7 Å². The van der Waals surface area contributed by atoms with Crippen molar-refractivity contribution in [3.63, 3.8) is 0 Å². The fourth-order valence-electron chi connectivity index (χ4n) is 3.22. The van der Waals surface area contributed by atoms with Gasteiger partial charge in [-0.3, -0.25) is 0 Å². The Kier molecular flexibility index (Phi) is 3.19. The lowest BCUT2D eigenvalue weighted by molar-refractivity contribution is 0.357. The Balaban J connectivity index is 1.91. The maximum atomic E-state index is 5.63. The van der Waals surface area contributed by atoms with Crippen molar-refractivity contribution in [2.24, 2.45) is 17.6 Å². The molecule has 4 heteroatoms. The fourth-order valence-corrected chi connectivity index (χ4v) is 3.22. The maximum absolute atomic E-state index is 5.63. The van der Waals surface area contributed by atoms with Gasteiger partial charge < -0.3 is 15.6 Å². The van der Waals surface area contributed by atoms with Gasteiger partial charge in [0.15, 0.2) is 0 Å². The van der Waals surface area contributed by atoms with Crippen LogP contribution in [0.25, 0.3) is 11.0 Å². The van der Waals surface area contributed by atoms with E-state index in [-0.39, 0.29) is 0 Å². The quantitative estimate of drug-likeness (QED) is 0.870. The van der Waals surface area contributed by atoms with Crippen molar-refractivity contribution in [3.8, 4) is 0 Å². The van der Waals surface area contributed by atoms with Crippen molar-refractivity contribution < 1.29 is 0 Å². The van der Waals surface area contributed by atoms with Crippen LogP contribution < -0.4 is 10.6 Å². The number of nitrogens with zero attached hydrogens (tertiary/aromatic N) is 2. The van der Waals surface area contributed by atoms with Gasteiger partial charge in [0.2, 0.25) is 0 Å². The lowest BCUT2D eigenvalue weighted by Crippen LogP contribution is -2.38. The van der Waals surface area contributed by atoms with Crippen LogP contribution in [0.15, 0.2) is 18.2 Å². The van der Waals surface area contributed by atoms with Gasteiger partial charge in [0.1, 0.15) is 5.82 Å². The predicted molar refractivity (Wildman–Crippen MR) is 79.1 cm³/mol. The van der Waals surface area contributed by atoms with Crippen LogP contribution >= 0.6 is 0 Å². The van der Waals surface area contributed by atoms with Gasteiger partial charge in [-0.05, 0) is 36.5 Å². The largest absolute Gasteiger partial charge is 0.371 e. The molecule has 19 heavy (non-hydrogen) atoms. The number of anilines is 1. The molecule has 1 aliphatic rings. The molecule has 1 aromatic heterocycles. The minimum atomic E-state index is 0.460. The number of piperidine rings is 1. The molecule has 2 atom stereocenters. The molecule has 3 rings (SSSR count). The molecule has 3 N–H and O–H groups in total. The first kappa shape index (κ1) is 12.5. The number of H-pyrrole nitrogens is 1. The molecule has 0 bridgehead atoms. The summed E-state index contributed by atoms with van der Waals surface area (Å²) in [7, 11) is 0. The summed E-state index contributed by atoms with van der Waals surface area (Å²) in [5.74, 6) is 2.38. The number of imidazole rings is 1. The number of benzene rings is 1. The molecule has 0 saturated carbocycles. The van der Waals surface area contributed by atoms with Crippen molar-refractivity contribution in [3.05, 3.63) is 24.0 Å². The highest BCUT2D eigenvalue weighted by molar-refractivity contribution is 5.79. The van der Waals surface area contributed by atoms with E-state index in [1.165, 1.54) is 12.1 Å². The summed E-state index contributed by atoms with van der Waals surface area (Å²) in [6.45, 7) is 7.43. The minimum Gasteiger partial charge on any atom is -0.371 e. The van der Waals surface area contributed by atoms with Crippen LogP contribution in [0.4, 0.5) is 5.69 Å². The lowest BCUT2D eigenvalue weighted by atomic mass is 9.91. The Morgan fingerprint density at radius 1 is 1.32 bits per heavy atom. The second kappa shape index (κ2) is 4.85. The molecule has 1 aromatic carbocycles. The molecule has 0 radical (unpaired) electrons. The molecular weight excluding hydrogens is 236 g/mol. The van der Waals surface area contributed by atoms with Crippen LogP contribution in [0.1, 0.15) is 26.1 Å². The van der Waals surface area contributed by atoms with Gasteiger partial charge in [-0.1, -0.05) is 13.8 Å². The van der Waals surface area contributed by atoms with E-state index in [1.807, 2.05) is 0 Å². The van der Waals surface area contributed by atoms with Crippen LogP contribution in [0, 0.1) is 11.8 Å². The van der Waals surface area contributed by atoms with Crippen molar-refractivity contribution in [2.75, 3.05) is 18.0 Å². The predicted octanol–water partition coefficient (Wildman–Crippen LogP) is 2.50. The molecule has 0 aliphatic carbocycles. The molecule has 102 valence electrons. The van der Waals surface area contributed by atoms with Crippen molar-refractivity contribution in [2.45, 2.75) is 26.8 Å². The second-order valence-corrected chi connectivity index (χ2v) is 5.94. The number of hydrogen-bond donors (Lipinski definition) is 2. The molecule has 2 aromatic rings. The summed E-state index contributed by atoms with van der Waals surface area (Å²) >= 11 is 0. The first-order chi connectivity index (χ1) is 9.15. The Labute approximate surface area is 114 Å². The number of nitrogens with two attached hydrogens (primary N) is 1. The van der Waals surface area contributed by atoms with Crippen LogP contribution in [-0.4, -0.2) is 23.1 Å². The highest BCUT2D eigenvalue weighted by Gasteiger charge is 2.22. The zero-order chi connectivity index (χ0) is 13.4. The first-order valence-electron chi connectivity index (χ1n) is 7.09. The normalized spacial score (nSPS) is 24.1.